The molecule has 0 aliphatic heterocycles. The van der Waals surface area contributed by atoms with Gasteiger partial charge in [0, 0.05) is 11.8 Å². The van der Waals surface area contributed by atoms with Crippen molar-refractivity contribution in [2.75, 3.05) is 6.61 Å². The Labute approximate surface area is 202 Å². The largest absolute Gasteiger partial charge is 0.493 e. The molecular formula is C30H46N2O. The Morgan fingerprint density at radius 2 is 1.52 bits per heavy atom. The highest BCUT2D eigenvalue weighted by Gasteiger charge is 2.21. The van der Waals surface area contributed by atoms with Gasteiger partial charge in [0.2, 0.25) is 0 Å². The van der Waals surface area contributed by atoms with E-state index >= 15 is 0 Å². The minimum atomic E-state index is 0.780. The number of para-hydroxylation sites is 1. The van der Waals surface area contributed by atoms with Gasteiger partial charge in [0.05, 0.1) is 12.3 Å². The summed E-state index contributed by atoms with van der Waals surface area (Å²) in [6.45, 7) is 5.34. The molecule has 1 aromatic carbocycles. The molecule has 0 radical (unpaired) electrons. The summed E-state index contributed by atoms with van der Waals surface area (Å²) in [6, 6.07) is 8.40. The molecule has 1 aliphatic rings. The van der Waals surface area contributed by atoms with Gasteiger partial charge >= 0.3 is 0 Å². The third kappa shape index (κ3) is 8.76. The summed E-state index contributed by atoms with van der Waals surface area (Å²) < 4.78 is 6.21. The Morgan fingerprint density at radius 1 is 0.818 bits per heavy atom. The molecule has 0 unspecified atom stereocenters. The van der Waals surface area contributed by atoms with Crippen LogP contribution in [0.5, 0.6) is 5.75 Å². The van der Waals surface area contributed by atoms with Crippen molar-refractivity contribution in [2.24, 2.45) is 11.8 Å². The summed E-state index contributed by atoms with van der Waals surface area (Å²) in [5, 5.41) is 0. The van der Waals surface area contributed by atoms with E-state index in [1.54, 1.807) is 6.33 Å². The fraction of sp³-hybridized carbons (Fsp3) is 0.667. The summed E-state index contributed by atoms with van der Waals surface area (Å²) in [7, 11) is 0. The van der Waals surface area contributed by atoms with Crippen LogP contribution in [-0.4, -0.2) is 16.6 Å². The summed E-state index contributed by atoms with van der Waals surface area (Å²) in [5.41, 5.74) is 3.43. The Kier molecular flexibility index (Phi) is 11.8. The highest BCUT2D eigenvalue weighted by molar-refractivity contribution is 5.69. The number of aryl methyl sites for hydroxylation is 1. The topological polar surface area (TPSA) is 35.0 Å². The smallest absolute Gasteiger partial charge is 0.128 e. The first kappa shape index (κ1) is 25.7. The number of ether oxygens (including phenoxy) is 1. The summed E-state index contributed by atoms with van der Waals surface area (Å²) in [5.74, 6) is 2.80. The monoisotopic (exact) mass is 450 g/mol. The van der Waals surface area contributed by atoms with Crippen LogP contribution in [-0.2, 0) is 6.42 Å². The first-order chi connectivity index (χ1) is 16.3. The van der Waals surface area contributed by atoms with Crippen molar-refractivity contribution in [2.45, 2.75) is 110 Å². The van der Waals surface area contributed by atoms with Gasteiger partial charge in [0.1, 0.15) is 12.1 Å². The number of hydrogen-bond acceptors (Lipinski definition) is 3. The van der Waals surface area contributed by atoms with Gasteiger partial charge in [-0.1, -0.05) is 103 Å². The maximum absolute atomic E-state index is 6.21. The number of nitrogens with zero attached hydrogens (tertiary/aromatic N) is 2. The zero-order valence-electron chi connectivity index (χ0n) is 21.2. The minimum Gasteiger partial charge on any atom is -0.493 e. The van der Waals surface area contributed by atoms with Gasteiger partial charge in [-0.3, -0.25) is 0 Å². The fourth-order valence-electron chi connectivity index (χ4n) is 5.31. The molecule has 3 heteroatoms. The summed E-state index contributed by atoms with van der Waals surface area (Å²) in [4.78, 5) is 9.07. The maximum atomic E-state index is 6.21. The van der Waals surface area contributed by atoms with Crippen molar-refractivity contribution < 1.29 is 4.74 Å². The molecule has 1 heterocycles. The third-order valence-corrected chi connectivity index (χ3v) is 7.44. The van der Waals surface area contributed by atoms with E-state index in [2.05, 4.69) is 43.1 Å². The number of aromatic nitrogens is 2. The van der Waals surface area contributed by atoms with Gasteiger partial charge in [0.15, 0.2) is 0 Å². The molecule has 1 aromatic heterocycles. The maximum Gasteiger partial charge on any atom is 0.128 e. The van der Waals surface area contributed by atoms with Crippen LogP contribution >= 0.6 is 0 Å². The molecule has 182 valence electrons. The lowest BCUT2D eigenvalue weighted by atomic mass is 9.77. The van der Waals surface area contributed by atoms with Crippen LogP contribution in [0, 0.1) is 11.8 Å². The van der Waals surface area contributed by atoms with Gasteiger partial charge in [-0.2, -0.15) is 0 Å². The zero-order valence-corrected chi connectivity index (χ0v) is 21.2. The van der Waals surface area contributed by atoms with E-state index in [4.69, 9.17) is 9.72 Å². The number of benzene rings is 1. The number of rotatable bonds is 15. The van der Waals surface area contributed by atoms with Crippen LogP contribution in [0.4, 0.5) is 0 Å². The predicted octanol–water partition coefficient (Wildman–Crippen LogP) is 8.81. The van der Waals surface area contributed by atoms with Crippen molar-refractivity contribution in [1.29, 1.82) is 0 Å². The Bertz CT molecular complexity index is 782. The molecule has 1 aliphatic carbocycles. The molecule has 1 saturated carbocycles. The lowest BCUT2D eigenvalue weighted by Crippen LogP contribution is -2.15. The molecule has 0 spiro atoms. The van der Waals surface area contributed by atoms with E-state index in [0.29, 0.717) is 0 Å². The normalized spacial score (nSPS) is 18.4. The zero-order chi connectivity index (χ0) is 23.1. The van der Waals surface area contributed by atoms with Crippen molar-refractivity contribution in [3.63, 3.8) is 0 Å². The van der Waals surface area contributed by atoms with Crippen LogP contribution in [0.2, 0.25) is 0 Å². The second-order valence-corrected chi connectivity index (χ2v) is 10.1. The highest BCUT2D eigenvalue weighted by Crippen LogP contribution is 2.36. The SMILES string of the molecule is CCCCCCCOc1ccccc1-c1ncncc1CCC1CCC(CCCCC)CC1. The molecule has 0 saturated heterocycles. The third-order valence-electron chi connectivity index (χ3n) is 7.44. The van der Waals surface area contributed by atoms with Crippen molar-refractivity contribution >= 4 is 0 Å². The highest BCUT2D eigenvalue weighted by atomic mass is 16.5. The number of hydrogen-bond donors (Lipinski definition) is 0. The van der Waals surface area contributed by atoms with Gasteiger partial charge in [-0.05, 0) is 48.8 Å². The summed E-state index contributed by atoms with van der Waals surface area (Å²) in [6.07, 6.45) is 23.6. The lowest BCUT2D eigenvalue weighted by Gasteiger charge is -2.28. The van der Waals surface area contributed by atoms with Crippen molar-refractivity contribution in [3.05, 3.63) is 42.4 Å². The Hall–Kier alpha value is -1.90. The molecule has 0 bridgehead atoms. The van der Waals surface area contributed by atoms with E-state index in [-0.39, 0.29) is 0 Å². The first-order valence-electron chi connectivity index (χ1n) is 13.8. The second kappa shape index (κ2) is 15.1. The van der Waals surface area contributed by atoms with Gasteiger partial charge < -0.3 is 4.74 Å². The van der Waals surface area contributed by atoms with E-state index in [1.165, 1.54) is 89.0 Å². The Balaban J connectivity index is 1.53. The van der Waals surface area contributed by atoms with Crippen LogP contribution in [0.1, 0.15) is 109 Å². The Morgan fingerprint density at radius 3 is 2.30 bits per heavy atom. The van der Waals surface area contributed by atoms with Crippen LogP contribution < -0.4 is 4.74 Å². The van der Waals surface area contributed by atoms with E-state index in [0.717, 1.165) is 48.3 Å². The van der Waals surface area contributed by atoms with E-state index in [1.807, 2.05) is 6.20 Å². The average Bonchev–Trinajstić information content (AvgIpc) is 2.86. The van der Waals surface area contributed by atoms with Gasteiger partial charge in [-0.15, -0.1) is 0 Å². The van der Waals surface area contributed by atoms with Crippen LogP contribution in [0.15, 0.2) is 36.8 Å². The summed E-state index contributed by atoms with van der Waals surface area (Å²) >= 11 is 0. The van der Waals surface area contributed by atoms with Crippen LogP contribution in [0.25, 0.3) is 11.3 Å². The molecule has 3 rings (SSSR count). The quantitative estimate of drug-likeness (QED) is 0.254. The fourth-order valence-corrected chi connectivity index (χ4v) is 5.31. The molecule has 33 heavy (non-hydrogen) atoms. The predicted molar refractivity (Wildman–Crippen MR) is 140 cm³/mol. The molecule has 2 aromatic rings. The molecule has 0 atom stereocenters. The average molecular weight is 451 g/mol. The molecule has 0 N–H and O–H groups in total. The van der Waals surface area contributed by atoms with Crippen molar-refractivity contribution in [3.8, 4) is 17.0 Å². The minimum absolute atomic E-state index is 0.780. The molecule has 1 fully saturated rings. The lowest BCUT2D eigenvalue weighted by molar-refractivity contribution is 0.249. The van der Waals surface area contributed by atoms with Gasteiger partial charge in [0.25, 0.3) is 0 Å². The van der Waals surface area contributed by atoms with Gasteiger partial charge in [-0.25, -0.2) is 9.97 Å². The molecule has 3 nitrogen and oxygen atoms in total. The van der Waals surface area contributed by atoms with Crippen molar-refractivity contribution in [1.82, 2.24) is 9.97 Å². The second-order valence-electron chi connectivity index (χ2n) is 10.1. The van der Waals surface area contributed by atoms with E-state index in [9.17, 15) is 0 Å². The number of unbranched alkanes of at least 4 members (excludes halogenated alkanes) is 6. The standard InChI is InChI=1S/C30H46N2O/c1-3-5-7-8-12-22-33-29-15-11-10-14-28(29)30-27(23-31-24-32-30)21-20-26-18-16-25(17-19-26)13-9-6-4-2/h10-11,14-15,23-26H,3-9,12-13,16-22H2,1-2H3. The first-order valence-corrected chi connectivity index (χ1v) is 13.8. The van der Waals surface area contributed by atoms with Crippen LogP contribution in [0.3, 0.4) is 0 Å². The molecular weight excluding hydrogens is 404 g/mol. The van der Waals surface area contributed by atoms with E-state index < -0.39 is 0 Å². The molecule has 0 amide bonds.